The molecule has 0 saturated heterocycles. The van der Waals surface area contributed by atoms with Gasteiger partial charge in [-0.1, -0.05) is 60.7 Å². The first-order chi connectivity index (χ1) is 16.9. The number of hydrogen-bond acceptors (Lipinski definition) is 4. The van der Waals surface area contributed by atoms with Crippen molar-refractivity contribution in [1.82, 2.24) is 0 Å². The van der Waals surface area contributed by atoms with E-state index in [1.54, 1.807) is 54.6 Å². The first kappa shape index (κ1) is 24.4. The van der Waals surface area contributed by atoms with Crippen molar-refractivity contribution < 1.29 is 27.7 Å². The number of hydrogen-bond donors (Lipinski definition) is 1. The number of Topliss-reactive ketones (excluding diaryl/α,β-unsaturated/α-hetero) is 1. The summed E-state index contributed by atoms with van der Waals surface area (Å²) in [5, 5.41) is 0. The summed E-state index contributed by atoms with van der Waals surface area (Å²) in [6.45, 7) is 0. The third kappa shape index (κ3) is 7.12. The van der Waals surface area contributed by atoms with Gasteiger partial charge in [-0.25, -0.2) is 8.96 Å². The molecule has 4 aromatic rings. The fraction of sp³-hybridized carbons (Fsp3) is 0.107. The van der Waals surface area contributed by atoms with E-state index in [0.29, 0.717) is 18.4 Å². The highest BCUT2D eigenvalue weighted by Crippen LogP contribution is 2.44. The van der Waals surface area contributed by atoms with Crippen LogP contribution in [0.3, 0.4) is 0 Å². The molecule has 4 aromatic carbocycles. The average molecular weight is 490 g/mol. The molecule has 2 atom stereocenters. The van der Waals surface area contributed by atoms with E-state index in [4.69, 9.17) is 9.05 Å². The molecule has 0 aliphatic carbocycles. The Hall–Kier alpha value is -3.73. The van der Waals surface area contributed by atoms with Crippen molar-refractivity contribution in [3.63, 3.8) is 0 Å². The third-order valence-corrected chi connectivity index (χ3v) is 6.30. The second-order valence-electron chi connectivity index (χ2n) is 8.07. The Labute approximate surface area is 203 Å². The maximum Gasteiger partial charge on any atom is 0.584 e. The fourth-order valence-electron chi connectivity index (χ4n) is 3.74. The number of phosphoric acid groups is 1. The summed E-state index contributed by atoms with van der Waals surface area (Å²) in [6.07, 6.45) is 0.967. The van der Waals surface area contributed by atoms with Crippen LogP contribution in [-0.2, 0) is 17.4 Å². The van der Waals surface area contributed by atoms with Gasteiger partial charge in [0, 0.05) is 11.5 Å². The molecule has 0 heterocycles. The van der Waals surface area contributed by atoms with E-state index in [9.17, 15) is 18.6 Å². The molecule has 7 heteroatoms. The molecular formula is C28H24FO5P. The third-order valence-electron chi connectivity index (χ3n) is 5.41. The van der Waals surface area contributed by atoms with E-state index < -0.39 is 7.82 Å². The van der Waals surface area contributed by atoms with Crippen LogP contribution < -0.4 is 9.05 Å². The second kappa shape index (κ2) is 11.1. The van der Waals surface area contributed by atoms with Crippen molar-refractivity contribution in [2.45, 2.75) is 12.8 Å². The second-order valence-corrected chi connectivity index (χ2v) is 9.37. The molecule has 0 aliphatic heterocycles. The van der Waals surface area contributed by atoms with Gasteiger partial charge in [0.25, 0.3) is 0 Å². The van der Waals surface area contributed by atoms with E-state index >= 15 is 0 Å². The van der Waals surface area contributed by atoms with Crippen LogP contribution in [0.1, 0.15) is 21.5 Å². The minimum atomic E-state index is -4.41. The van der Waals surface area contributed by atoms with E-state index in [0.717, 1.165) is 11.1 Å². The van der Waals surface area contributed by atoms with Crippen LogP contribution in [0, 0.1) is 11.7 Å². The van der Waals surface area contributed by atoms with Crippen molar-refractivity contribution in [2.24, 2.45) is 5.92 Å². The minimum Gasteiger partial charge on any atom is -0.395 e. The van der Waals surface area contributed by atoms with Gasteiger partial charge in [-0.05, 0) is 72.5 Å². The average Bonchev–Trinajstić information content (AvgIpc) is 2.86. The molecular weight excluding hydrogens is 466 g/mol. The molecule has 0 fully saturated rings. The highest BCUT2D eigenvalue weighted by Gasteiger charge is 2.26. The van der Waals surface area contributed by atoms with Crippen LogP contribution in [0.15, 0.2) is 109 Å². The van der Waals surface area contributed by atoms with Gasteiger partial charge >= 0.3 is 7.82 Å². The fourth-order valence-corrected chi connectivity index (χ4v) is 4.56. The molecule has 4 rings (SSSR count). The zero-order valence-corrected chi connectivity index (χ0v) is 19.7. The number of halogens is 1. The van der Waals surface area contributed by atoms with E-state index in [1.165, 1.54) is 24.3 Å². The number of carbonyl (C=O) groups is 1. The van der Waals surface area contributed by atoms with Gasteiger partial charge in [0.05, 0.1) is 0 Å². The molecule has 0 aliphatic rings. The summed E-state index contributed by atoms with van der Waals surface area (Å²) in [5.41, 5.74) is 2.32. The van der Waals surface area contributed by atoms with E-state index in [2.05, 4.69) is 0 Å². The van der Waals surface area contributed by atoms with Gasteiger partial charge in [0.15, 0.2) is 5.78 Å². The van der Waals surface area contributed by atoms with Gasteiger partial charge in [0.2, 0.25) is 0 Å². The molecule has 0 spiro atoms. The van der Waals surface area contributed by atoms with E-state index in [-0.39, 0.29) is 29.0 Å². The molecule has 1 N–H and O–H groups in total. The van der Waals surface area contributed by atoms with Crippen LogP contribution in [0.2, 0.25) is 0 Å². The SMILES string of the molecule is O=C(c1ccc(OP(=O)(O)Oc2ccccc2)cc1)C(Cc1ccccc1)Cc1ccc(F)cc1. The Kier molecular flexibility index (Phi) is 7.76. The van der Waals surface area contributed by atoms with Crippen molar-refractivity contribution in [3.8, 4) is 11.5 Å². The zero-order valence-electron chi connectivity index (χ0n) is 18.8. The first-order valence-corrected chi connectivity index (χ1v) is 12.6. The predicted molar refractivity (Wildman–Crippen MR) is 132 cm³/mol. The first-order valence-electron chi connectivity index (χ1n) is 11.1. The van der Waals surface area contributed by atoms with Crippen molar-refractivity contribution >= 4 is 13.6 Å². The molecule has 0 radical (unpaired) electrons. The summed E-state index contributed by atoms with van der Waals surface area (Å²) >= 11 is 0. The highest BCUT2D eigenvalue weighted by atomic mass is 31.2. The normalized spacial score (nSPS) is 13.4. The molecule has 0 saturated carbocycles. The molecule has 178 valence electrons. The van der Waals surface area contributed by atoms with E-state index in [1.807, 2.05) is 30.3 Å². The summed E-state index contributed by atoms with van der Waals surface area (Å²) in [4.78, 5) is 23.5. The van der Waals surface area contributed by atoms with Gasteiger partial charge in [0.1, 0.15) is 17.3 Å². The van der Waals surface area contributed by atoms with Crippen LogP contribution in [0.4, 0.5) is 4.39 Å². The van der Waals surface area contributed by atoms with Crippen LogP contribution >= 0.6 is 7.82 Å². The zero-order chi connectivity index (χ0) is 24.7. The van der Waals surface area contributed by atoms with Crippen LogP contribution in [0.5, 0.6) is 11.5 Å². The number of carbonyl (C=O) groups excluding carboxylic acids is 1. The van der Waals surface area contributed by atoms with Crippen molar-refractivity contribution in [1.29, 1.82) is 0 Å². The monoisotopic (exact) mass is 490 g/mol. The number of rotatable bonds is 10. The lowest BCUT2D eigenvalue weighted by Gasteiger charge is -2.17. The number of para-hydroxylation sites is 1. The maximum absolute atomic E-state index is 13.4. The van der Waals surface area contributed by atoms with Gasteiger partial charge in [-0.2, -0.15) is 0 Å². The van der Waals surface area contributed by atoms with Crippen LogP contribution in [-0.4, -0.2) is 10.7 Å². The smallest absolute Gasteiger partial charge is 0.395 e. The lowest BCUT2D eigenvalue weighted by Crippen LogP contribution is -2.20. The predicted octanol–water partition coefficient (Wildman–Crippen LogP) is 6.67. The Morgan fingerprint density at radius 1 is 0.714 bits per heavy atom. The van der Waals surface area contributed by atoms with Gasteiger partial charge < -0.3 is 9.05 Å². The topological polar surface area (TPSA) is 72.8 Å². The molecule has 2 unspecified atom stereocenters. The Morgan fingerprint density at radius 2 is 1.20 bits per heavy atom. The molecule has 0 bridgehead atoms. The molecule has 0 amide bonds. The summed E-state index contributed by atoms with van der Waals surface area (Å²) in [5.74, 6) is -0.485. The molecule has 0 aromatic heterocycles. The maximum atomic E-state index is 13.4. The minimum absolute atomic E-state index is 0.0857. The standard InChI is InChI=1S/C28H24FO5P/c29-25-15-11-22(12-16-25)20-24(19-21-7-3-1-4-8-21)28(30)23-13-17-27(18-14-23)34-35(31,32)33-26-9-5-2-6-10-26/h1-18,24H,19-20H2,(H,31,32). The number of benzene rings is 4. The lowest BCUT2D eigenvalue weighted by molar-refractivity contribution is 0.0918. The van der Waals surface area contributed by atoms with Crippen molar-refractivity contribution in [2.75, 3.05) is 0 Å². The van der Waals surface area contributed by atoms with Gasteiger partial charge in [-0.3, -0.25) is 9.69 Å². The lowest BCUT2D eigenvalue weighted by atomic mass is 9.86. The molecule has 5 nitrogen and oxygen atoms in total. The summed E-state index contributed by atoms with van der Waals surface area (Å²) in [7, 11) is -4.41. The van der Waals surface area contributed by atoms with Crippen molar-refractivity contribution in [3.05, 3.63) is 132 Å². The quantitative estimate of drug-likeness (QED) is 0.199. The summed E-state index contributed by atoms with van der Waals surface area (Å²) < 4.78 is 35.9. The Balaban J connectivity index is 1.49. The highest BCUT2D eigenvalue weighted by molar-refractivity contribution is 7.48. The Bertz CT molecular complexity index is 1290. The number of ketones is 1. The van der Waals surface area contributed by atoms with Crippen LogP contribution in [0.25, 0.3) is 0 Å². The van der Waals surface area contributed by atoms with Gasteiger partial charge in [-0.15, -0.1) is 0 Å². The Morgan fingerprint density at radius 3 is 1.77 bits per heavy atom. The summed E-state index contributed by atoms with van der Waals surface area (Å²) in [6, 6.07) is 30.1. The largest absolute Gasteiger partial charge is 0.584 e. The molecule has 35 heavy (non-hydrogen) atoms. The number of phosphoric ester groups is 1.